The van der Waals surface area contributed by atoms with Crippen molar-refractivity contribution >= 4 is 39.5 Å². The Bertz CT molecular complexity index is 1930. The summed E-state index contributed by atoms with van der Waals surface area (Å²) in [5.74, 6) is -1.39. The maximum absolute atomic E-state index is 13.1. The van der Waals surface area contributed by atoms with Crippen LogP contribution in [0.15, 0.2) is 0 Å². The average molecular weight is 1480 g/mol. The number of aliphatic hydroxyl groups excluding tert-OH is 1. The van der Waals surface area contributed by atoms with E-state index in [-0.39, 0.29) is 25.7 Å². The minimum Gasteiger partial charge on any atom is -0.462 e. The number of phosphoric ester groups is 2. The molecule has 0 bridgehead atoms. The van der Waals surface area contributed by atoms with Gasteiger partial charge in [0.25, 0.3) is 0 Å². The fourth-order valence-electron chi connectivity index (χ4n) is 12.8. The highest BCUT2D eigenvalue weighted by atomic mass is 31.2. The van der Waals surface area contributed by atoms with Crippen LogP contribution in [0.5, 0.6) is 0 Å². The van der Waals surface area contributed by atoms with Gasteiger partial charge in [0.05, 0.1) is 26.4 Å². The van der Waals surface area contributed by atoms with Crippen LogP contribution in [0.2, 0.25) is 0 Å². The molecule has 2 unspecified atom stereocenters. The number of phosphoric acid groups is 2. The van der Waals surface area contributed by atoms with Crippen molar-refractivity contribution in [2.45, 2.75) is 457 Å². The van der Waals surface area contributed by atoms with Crippen molar-refractivity contribution < 1.29 is 80.2 Å². The van der Waals surface area contributed by atoms with Crippen molar-refractivity contribution in [1.29, 1.82) is 0 Å². The van der Waals surface area contributed by atoms with E-state index in [0.717, 1.165) is 95.8 Å². The van der Waals surface area contributed by atoms with Crippen LogP contribution >= 0.6 is 15.6 Å². The summed E-state index contributed by atoms with van der Waals surface area (Å²) in [6.45, 7) is 7.29. The zero-order valence-electron chi connectivity index (χ0n) is 66.1. The first-order valence-electron chi connectivity index (χ1n) is 42.6. The van der Waals surface area contributed by atoms with E-state index in [9.17, 15) is 43.2 Å². The molecule has 0 aliphatic heterocycles. The largest absolute Gasteiger partial charge is 0.472 e. The summed E-state index contributed by atoms with van der Waals surface area (Å²) in [4.78, 5) is 73.0. The summed E-state index contributed by atoms with van der Waals surface area (Å²) in [5, 5.41) is 10.6. The first-order chi connectivity index (χ1) is 49.0. The smallest absolute Gasteiger partial charge is 0.462 e. The second kappa shape index (κ2) is 74.9. The minimum atomic E-state index is -4.96. The third kappa shape index (κ3) is 76.1. The predicted octanol–water partition coefficient (Wildman–Crippen LogP) is 24.8. The maximum Gasteiger partial charge on any atom is 0.472 e. The third-order valence-electron chi connectivity index (χ3n) is 19.3. The van der Waals surface area contributed by atoms with Crippen LogP contribution in [0.25, 0.3) is 0 Å². The molecule has 0 saturated heterocycles. The molecule has 0 aromatic heterocycles. The summed E-state index contributed by atoms with van der Waals surface area (Å²) in [6, 6.07) is 0. The van der Waals surface area contributed by atoms with Gasteiger partial charge in [-0.1, -0.05) is 388 Å². The van der Waals surface area contributed by atoms with Gasteiger partial charge in [-0.3, -0.25) is 37.3 Å². The lowest BCUT2D eigenvalue weighted by atomic mass is 10.0. The summed E-state index contributed by atoms with van der Waals surface area (Å²) < 4.78 is 68.7. The Kier molecular flexibility index (Phi) is 73.5. The second-order valence-electron chi connectivity index (χ2n) is 30.0. The first kappa shape index (κ1) is 99.1. The van der Waals surface area contributed by atoms with Gasteiger partial charge in [-0.05, 0) is 31.6 Å². The number of esters is 4. The van der Waals surface area contributed by atoms with Crippen molar-refractivity contribution in [3.05, 3.63) is 0 Å². The van der Waals surface area contributed by atoms with Gasteiger partial charge >= 0.3 is 39.5 Å². The number of carbonyl (C=O) groups excluding carboxylic acids is 4. The van der Waals surface area contributed by atoms with E-state index in [4.69, 9.17) is 37.0 Å². The highest BCUT2D eigenvalue weighted by molar-refractivity contribution is 7.47. The normalized spacial score (nSPS) is 13.8. The van der Waals surface area contributed by atoms with Gasteiger partial charge in [0.1, 0.15) is 19.3 Å². The lowest BCUT2D eigenvalue weighted by molar-refractivity contribution is -0.161. The molecule has 19 heteroatoms. The first-order valence-corrected chi connectivity index (χ1v) is 45.6. The molecule has 0 saturated carbocycles. The molecule has 0 amide bonds. The fraction of sp³-hybridized carbons (Fsp3) is 0.951. The molecule has 0 spiro atoms. The Morgan fingerprint density at radius 2 is 0.455 bits per heavy atom. The van der Waals surface area contributed by atoms with Crippen LogP contribution < -0.4 is 0 Å². The molecule has 0 heterocycles. The summed E-state index contributed by atoms with van der Waals surface area (Å²) in [7, 11) is -9.92. The van der Waals surface area contributed by atoms with E-state index in [1.807, 2.05) is 0 Å². The van der Waals surface area contributed by atoms with Crippen LogP contribution in [-0.4, -0.2) is 96.7 Å². The summed E-state index contributed by atoms with van der Waals surface area (Å²) in [6.07, 6.45) is 66.8. The Morgan fingerprint density at radius 3 is 0.673 bits per heavy atom. The monoisotopic (exact) mass is 1480 g/mol. The van der Waals surface area contributed by atoms with Crippen LogP contribution in [0.1, 0.15) is 439 Å². The molecule has 17 nitrogen and oxygen atoms in total. The molecule has 0 rings (SSSR count). The average Bonchev–Trinajstić information content (AvgIpc) is 1.08. The summed E-state index contributed by atoms with van der Waals surface area (Å²) >= 11 is 0. The molecule has 0 aromatic carbocycles. The van der Waals surface area contributed by atoms with Gasteiger partial charge < -0.3 is 33.8 Å². The number of aliphatic hydroxyl groups is 1. The number of hydrogen-bond donors (Lipinski definition) is 3. The SMILES string of the molecule is CCCCCCCCCCCCCCCCCCCCCCC(=O)O[C@H](COC(=O)CCCCCCCCCCCCCCCCCCCCC)COP(=O)(O)OC[C@@H](O)COP(=O)(O)OC[C@@H](COC(=O)CCCCCCCCCCCCC)OC(=O)CCCCCCCCCCC(C)C. The second-order valence-corrected chi connectivity index (χ2v) is 32.9. The van der Waals surface area contributed by atoms with E-state index < -0.39 is 97.5 Å². The predicted molar refractivity (Wildman–Crippen MR) is 414 cm³/mol. The lowest BCUT2D eigenvalue weighted by Gasteiger charge is -2.21. The third-order valence-corrected chi connectivity index (χ3v) is 21.2. The van der Waals surface area contributed by atoms with Gasteiger partial charge in [-0.15, -0.1) is 0 Å². The van der Waals surface area contributed by atoms with E-state index in [0.29, 0.717) is 25.7 Å². The molecule has 5 atom stereocenters. The van der Waals surface area contributed by atoms with Crippen LogP contribution in [0.3, 0.4) is 0 Å². The molecule has 0 aromatic rings. The molecule has 101 heavy (non-hydrogen) atoms. The standard InChI is InChI=1S/C82H160O17P2/c1-6-9-12-15-18-21-24-26-28-30-32-34-36-38-40-43-46-52-57-62-67-81(86)98-77(71-93-80(85)66-61-56-51-45-42-39-37-35-33-31-29-27-25-22-19-16-13-10-7-2)73-96-100(88,89)94-69-76(83)70-95-101(90,91)97-74-78(99-82(87)68-63-58-53-48-47-49-54-59-64-75(4)5)72-92-79(84)65-60-55-50-44-41-23-20-17-14-11-8-3/h75-78,83H,6-74H2,1-5H3,(H,88,89)(H,90,91)/t76-,77-,78-/m1/s1. The molecule has 600 valence electrons. The van der Waals surface area contributed by atoms with Crippen molar-refractivity contribution in [3.63, 3.8) is 0 Å². The lowest BCUT2D eigenvalue weighted by Crippen LogP contribution is -2.30. The number of rotatable bonds is 82. The summed E-state index contributed by atoms with van der Waals surface area (Å²) in [5.41, 5.74) is 0. The van der Waals surface area contributed by atoms with Crippen LogP contribution in [0, 0.1) is 5.92 Å². The Morgan fingerprint density at radius 1 is 0.267 bits per heavy atom. The molecule has 0 aliphatic rings. The van der Waals surface area contributed by atoms with Gasteiger partial charge in [-0.2, -0.15) is 0 Å². The van der Waals surface area contributed by atoms with Gasteiger partial charge in [0, 0.05) is 25.7 Å². The minimum absolute atomic E-state index is 0.105. The molecular formula is C82H160O17P2. The molecule has 0 aliphatic carbocycles. The van der Waals surface area contributed by atoms with E-state index in [2.05, 4.69) is 34.6 Å². The Balaban J connectivity index is 5.21. The van der Waals surface area contributed by atoms with Crippen LogP contribution in [0.4, 0.5) is 0 Å². The van der Waals surface area contributed by atoms with Crippen LogP contribution in [-0.2, 0) is 65.4 Å². The van der Waals surface area contributed by atoms with Gasteiger partial charge in [0.15, 0.2) is 12.2 Å². The van der Waals surface area contributed by atoms with E-state index in [1.54, 1.807) is 0 Å². The number of hydrogen-bond acceptors (Lipinski definition) is 15. The number of unbranched alkanes of at least 4 members (excludes halogenated alkanes) is 54. The topological polar surface area (TPSA) is 237 Å². The van der Waals surface area contributed by atoms with Gasteiger partial charge in [0.2, 0.25) is 0 Å². The fourth-order valence-corrected chi connectivity index (χ4v) is 14.3. The van der Waals surface area contributed by atoms with Crippen molar-refractivity contribution in [1.82, 2.24) is 0 Å². The van der Waals surface area contributed by atoms with Crippen molar-refractivity contribution in [2.24, 2.45) is 5.92 Å². The zero-order chi connectivity index (χ0) is 74.1. The zero-order valence-corrected chi connectivity index (χ0v) is 67.8. The Hall–Kier alpha value is -1.94. The highest BCUT2D eigenvalue weighted by Gasteiger charge is 2.30. The Labute approximate surface area is 619 Å². The van der Waals surface area contributed by atoms with Crippen molar-refractivity contribution in [2.75, 3.05) is 39.6 Å². The van der Waals surface area contributed by atoms with Crippen molar-refractivity contribution in [3.8, 4) is 0 Å². The van der Waals surface area contributed by atoms with E-state index in [1.165, 1.54) is 263 Å². The van der Waals surface area contributed by atoms with E-state index >= 15 is 0 Å². The molecule has 0 fully saturated rings. The quantitative estimate of drug-likeness (QED) is 0.0222. The van der Waals surface area contributed by atoms with Gasteiger partial charge in [-0.25, -0.2) is 9.13 Å². The molecular weight excluding hydrogens is 1320 g/mol. The highest BCUT2D eigenvalue weighted by Crippen LogP contribution is 2.45. The molecule has 0 radical (unpaired) electrons. The molecule has 3 N–H and O–H groups in total. The number of ether oxygens (including phenoxy) is 4. The number of carbonyl (C=O) groups is 4. The maximum atomic E-state index is 13.1.